The average molecular weight is 337 g/mol. The lowest BCUT2D eigenvalue weighted by molar-refractivity contribution is -0.312. The van der Waals surface area contributed by atoms with Crippen LogP contribution < -0.4 is 10.2 Å². The zero-order chi connectivity index (χ0) is 17.0. The molecule has 1 saturated heterocycles. The van der Waals surface area contributed by atoms with Crippen molar-refractivity contribution >= 4 is 28.0 Å². The quantitative estimate of drug-likeness (QED) is 0.610. The van der Waals surface area contributed by atoms with Gasteiger partial charge >= 0.3 is 0 Å². The van der Waals surface area contributed by atoms with Crippen LogP contribution in [0.15, 0.2) is 35.2 Å². The van der Waals surface area contributed by atoms with Gasteiger partial charge in [0, 0.05) is 25.0 Å². The third kappa shape index (κ3) is 4.17. The fourth-order valence-electron chi connectivity index (χ4n) is 2.40. The van der Waals surface area contributed by atoms with Gasteiger partial charge in [-0.1, -0.05) is 18.2 Å². The van der Waals surface area contributed by atoms with Crippen molar-refractivity contribution in [2.45, 2.75) is 17.7 Å². The molecule has 1 aliphatic rings. The van der Waals surface area contributed by atoms with Crippen LogP contribution >= 0.6 is 0 Å². The Bertz CT molecular complexity index is 715. The van der Waals surface area contributed by atoms with Crippen LogP contribution in [-0.4, -0.2) is 37.8 Å². The molecule has 0 saturated carbocycles. The van der Waals surface area contributed by atoms with E-state index in [2.05, 4.69) is 0 Å². The first kappa shape index (κ1) is 17.2. The number of hydrogen-bond donors (Lipinski definition) is 0. The zero-order valence-electron chi connectivity index (χ0n) is 12.2. The standard InChI is InChI=1S/C15H17NO6S/c17-14(18)6-3-11-1-4-13(5-2-11)23(21,22)16-9-7-12(8-10-16)15(19)20/h1-6,12H,7-10H2,(H,17,18)(H,19,20)/p-2. The number of aliphatic carboxylic acids is 2. The predicted molar refractivity (Wildman–Crippen MR) is 77.0 cm³/mol. The van der Waals surface area contributed by atoms with Crippen molar-refractivity contribution in [3.8, 4) is 0 Å². The monoisotopic (exact) mass is 337 g/mol. The topological polar surface area (TPSA) is 118 Å². The van der Waals surface area contributed by atoms with E-state index < -0.39 is 27.9 Å². The maximum absolute atomic E-state index is 12.5. The summed E-state index contributed by atoms with van der Waals surface area (Å²) in [4.78, 5) is 21.2. The Hall–Kier alpha value is -2.19. The molecule has 1 aromatic carbocycles. The van der Waals surface area contributed by atoms with Gasteiger partial charge in [-0.05, 0) is 36.6 Å². The smallest absolute Gasteiger partial charge is 0.243 e. The summed E-state index contributed by atoms with van der Waals surface area (Å²) in [7, 11) is -3.69. The van der Waals surface area contributed by atoms with Gasteiger partial charge < -0.3 is 19.8 Å². The molecule has 2 rings (SSSR count). The maximum Gasteiger partial charge on any atom is 0.243 e. The third-order valence-electron chi connectivity index (χ3n) is 3.72. The van der Waals surface area contributed by atoms with Gasteiger partial charge in [-0.15, -0.1) is 0 Å². The lowest BCUT2D eigenvalue weighted by Crippen LogP contribution is -2.43. The molecule has 0 radical (unpaired) electrons. The van der Waals surface area contributed by atoms with Crippen LogP contribution in [0.2, 0.25) is 0 Å². The molecule has 0 unspecified atom stereocenters. The van der Waals surface area contributed by atoms with Crippen molar-refractivity contribution in [3.63, 3.8) is 0 Å². The van der Waals surface area contributed by atoms with E-state index in [1.165, 1.54) is 34.6 Å². The molecule has 1 aliphatic heterocycles. The molecule has 0 aromatic heterocycles. The minimum Gasteiger partial charge on any atom is -0.550 e. The van der Waals surface area contributed by atoms with E-state index in [9.17, 15) is 28.2 Å². The Labute approximate surface area is 133 Å². The van der Waals surface area contributed by atoms with E-state index >= 15 is 0 Å². The highest BCUT2D eigenvalue weighted by atomic mass is 32.2. The SMILES string of the molecule is O=C([O-])C=Cc1ccc(S(=O)(=O)N2CCC(C(=O)[O-])CC2)cc1. The molecule has 0 bridgehead atoms. The van der Waals surface area contributed by atoms with E-state index in [1.807, 2.05) is 0 Å². The number of piperidine rings is 1. The van der Waals surface area contributed by atoms with Gasteiger partial charge in [-0.3, -0.25) is 0 Å². The van der Waals surface area contributed by atoms with Gasteiger partial charge in [0.2, 0.25) is 10.0 Å². The number of benzene rings is 1. The fraction of sp³-hybridized carbons (Fsp3) is 0.333. The van der Waals surface area contributed by atoms with Gasteiger partial charge in [-0.2, -0.15) is 4.31 Å². The van der Waals surface area contributed by atoms with Crippen LogP contribution in [-0.2, 0) is 19.6 Å². The van der Waals surface area contributed by atoms with Crippen molar-refractivity contribution in [1.29, 1.82) is 0 Å². The molecule has 0 amide bonds. The van der Waals surface area contributed by atoms with E-state index in [1.54, 1.807) is 0 Å². The summed E-state index contributed by atoms with van der Waals surface area (Å²) in [5.74, 6) is -3.10. The lowest BCUT2D eigenvalue weighted by atomic mass is 9.99. The minimum absolute atomic E-state index is 0.0787. The molecule has 23 heavy (non-hydrogen) atoms. The van der Waals surface area contributed by atoms with Crippen molar-refractivity contribution < 1.29 is 28.2 Å². The van der Waals surface area contributed by atoms with E-state index in [-0.39, 0.29) is 30.8 Å². The van der Waals surface area contributed by atoms with Gasteiger partial charge in [-0.25, -0.2) is 8.42 Å². The first-order chi connectivity index (χ1) is 10.8. The summed E-state index contributed by atoms with van der Waals surface area (Å²) in [6, 6.07) is 5.74. The highest BCUT2D eigenvalue weighted by Gasteiger charge is 2.29. The molecule has 1 aromatic rings. The third-order valence-corrected chi connectivity index (χ3v) is 5.63. The second kappa shape index (κ2) is 6.93. The zero-order valence-corrected chi connectivity index (χ0v) is 13.0. The molecule has 0 aliphatic carbocycles. The molecule has 124 valence electrons. The highest BCUT2D eigenvalue weighted by molar-refractivity contribution is 7.89. The molecule has 0 atom stereocenters. The van der Waals surface area contributed by atoms with Crippen molar-refractivity contribution in [2.75, 3.05) is 13.1 Å². The van der Waals surface area contributed by atoms with E-state index in [4.69, 9.17) is 0 Å². The number of carboxylic acids is 2. The summed E-state index contributed by atoms with van der Waals surface area (Å²) >= 11 is 0. The highest BCUT2D eigenvalue weighted by Crippen LogP contribution is 2.23. The van der Waals surface area contributed by atoms with Crippen molar-refractivity contribution in [2.24, 2.45) is 5.92 Å². The van der Waals surface area contributed by atoms with Crippen LogP contribution in [0.3, 0.4) is 0 Å². The molecule has 1 fully saturated rings. The fourth-order valence-corrected chi connectivity index (χ4v) is 3.87. The Morgan fingerprint density at radius 1 is 1.09 bits per heavy atom. The Balaban J connectivity index is 2.11. The summed E-state index contributed by atoms with van der Waals surface area (Å²) < 4.78 is 26.2. The molecular formula is C15H15NO6S-2. The number of nitrogens with zero attached hydrogens (tertiary/aromatic N) is 1. The van der Waals surface area contributed by atoms with Crippen LogP contribution in [0.25, 0.3) is 6.08 Å². The molecule has 1 heterocycles. The second-order valence-corrected chi connectivity index (χ2v) is 7.16. The number of rotatable bonds is 5. The van der Waals surface area contributed by atoms with Gasteiger partial charge in [0.25, 0.3) is 0 Å². The molecule has 0 spiro atoms. The molecule has 8 heteroatoms. The summed E-state index contributed by atoms with van der Waals surface area (Å²) in [5, 5.41) is 21.1. The second-order valence-electron chi connectivity index (χ2n) is 5.22. The van der Waals surface area contributed by atoms with Crippen molar-refractivity contribution in [1.82, 2.24) is 4.31 Å². The van der Waals surface area contributed by atoms with Crippen LogP contribution in [0, 0.1) is 5.92 Å². The lowest BCUT2D eigenvalue weighted by Gasteiger charge is -2.31. The Morgan fingerprint density at radius 2 is 1.65 bits per heavy atom. The van der Waals surface area contributed by atoms with E-state index in [0.717, 1.165) is 6.08 Å². The largest absolute Gasteiger partial charge is 0.550 e. The maximum atomic E-state index is 12.5. The number of carbonyl (C=O) groups excluding carboxylic acids is 2. The Morgan fingerprint density at radius 3 is 2.13 bits per heavy atom. The first-order valence-corrected chi connectivity index (χ1v) is 8.45. The van der Waals surface area contributed by atoms with Gasteiger partial charge in [0.15, 0.2) is 0 Å². The number of sulfonamides is 1. The van der Waals surface area contributed by atoms with Crippen molar-refractivity contribution in [3.05, 3.63) is 35.9 Å². The number of carboxylic acid groups (broad SMARTS) is 2. The Kier molecular flexibility index (Phi) is 5.17. The number of carbonyl (C=O) groups is 2. The predicted octanol–water partition coefficient (Wildman–Crippen LogP) is -1.40. The summed E-state index contributed by atoms with van der Waals surface area (Å²) in [6.07, 6.45) is 2.62. The first-order valence-electron chi connectivity index (χ1n) is 7.01. The van der Waals surface area contributed by atoms with Gasteiger partial charge in [0.1, 0.15) is 0 Å². The average Bonchev–Trinajstić information content (AvgIpc) is 2.53. The summed E-state index contributed by atoms with van der Waals surface area (Å²) in [5.41, 5.74) is 0.531. The van der Waals surface area contributed by atoms with Crippen LogP contribution in [0.1, 0.15) is 18.4 Å². The van der Waals surface area contributed by atoms with E-state index in [0.29, 0.717) is 5.56 Å². The molecular weight excluding hydrogens is 322 g/mol. The van der Waals surface area contributed by atoms with Crippen LogP contribution in [0.5, 0.6) is 0 Å². The summed E-state index contributed by atoms with van der Waals surface area (Å²) in [6.45, 7) is 0.265. The van der Waals surface area contributed by atoms with Crippen LogP contribution in [0.4, 0.5) is 0 Å². The normalized spacial score (nSPS) is 17.4. The van der Waals surface area contributed by atoms with Gasteiger partial charge in [0.05, 0.1) is 10.9 Å². The minimum atomic E-state index is -3.69. The molecule has 7 nitrogen and oxygen atoms in total. The number of hydrogen-bond acceptors (Lipinski definition) is 6. The molecule has 0 N–H and O–H groups in total.